The van der Waals surface area contributed by atoms with Crippen molar-refractivity contribution in [3.05, 3.63) is 29.8 Å². The molecule has 0 spiro atoms. The topological polar surface area (TPSA) is 149 Å². The number of anilines is 4. The second-order valence-electron chi connectivity index (χ2n) is 8.15. The summed E-state index contributed by atoms with van der Waals surface area (Å²) in [4.78, 5) is 28.1. The lowest BCUT2D eigenvalue weighted by atomic mass is 10.2. The van der Waals surface area contributed by atoms with Crippen LogP contribution in [0.25, 0.3) is 0 Å². The predicted molar refractivity (Wildman–Crippen MR) is 134 cm³/mol. The first-order valence-corrected chi connectivity index (χ1v) is 11.9. The maximum absolute atomic E-state index is 12.4. The van der Waals surface area contributed by atoms with Crippen LogP contribution in [0.3, 0.4) is 0 Å². The summed E-state index contributed by atoms with van der Waals surface area (Å²) < 4.78 is 16.1. The summed E-state index contributed by atoms with van der Waals surface area (Å²) in [6.45, 7) is 9.57. The Kier molecular flexibility index (Phi) is 10.9. The predicted octanol–water partition coefficient (Wildman–Crippen LogP) is 0.994. The molecule has 1 saturated heterocycles. The average molecular weight is 489 g/mol. The molecule has 192 valence electrons. The minimum absolute atomic E-state index is 0.169. The summed E-state index contributed by atoms with van der Waals surface area (Å²) in [6, 6.07) is 7.30. The molecule has 0 aliphatic carbocycles. The summed E-state index contributed by atoms with van der Waals surface area (Å²) in [5.74, 6) is 1.36. The number of nitrogens with one attached hydrogen (secondary N) is 3. The van der Waals surface area contributed by atoms with E-state index in [1.165, 1.54) is 0 Å². The largest absolute Gasteiger partial charge is 0.378 e. The Balaban J connectivity index is 1.54. The van der Waals surface area contributed by atoms with E-state index in [0.29, 0.717) is 76.1 Å². The van der Waals surface area contributed by atoms with Crippen LogP contribution in [-0.2, 0) is 14.2 Å². The van der Waals surface area contributed by atoms with Gasteiger partial charge in [-0.3, -0.25) is 4.79 Å². The molecule has 12 nitrogen and oxygen atoms in total. The van der Waals surface area contributed by atoms with E-state index in [4.69, 9.17) is 19.9 Å². The molecule has 1 aliphatic heterocycles. The van der Waals surface area contributed by atoms with Crippen LogP contribution in [0, 0.1) is 0 Å². The van der Waals surface area contributed by atoms with E-state index in [1.54, 1.807) is 12.1 Å². The van der Waals surface area contributed by atoms with E-state index < -0.39 is 0 Å². The quantitative estimate of drug-likeness (QED) is 0.282. The second-order valence-corrected chi connectivity index (χ2v) is 8.15. The summed E-state index contributed by atoms with van der Waals surface area (Å²) in [5, 5.41) is 9.29. The molecule has 1 aliphatic rings. The Morgan fingerprint density at radius 3 is 2.40 bits per heavy atom. The number of aromatic nitrogens is 3. The zero-order valence-electron chi connectivity index (χ0n) is 20.5. The first kappa shape index (κ1) is 26.5. The summed E-state index contributed by atoms with van der Waals surface area (Å²) in [5.41, 5.74) is 6.66. The molecule has 0 bridgehead atoms. The first-order chi connectivity index (χ1) is 17.0. The highest BCUT2D eigenvalue weighted by atomic mass is 16.5. The van der Waals surface area contributed by atoms with Gasteiger partial charge in [0.1, 0.15) is 0 Å². The SMILES string of the molecule is CC(C)Nc1nc(Nc2ccc(C(=O)NCCOCCOCCN)cc2)nc(N2CCOCC2)n1. The van der Waals surface area contributed by atoms with Crippen molar-refractivity contribution in [2.45, 2.75) is 19.9 Å². The van der Waals surface area contributed by atoms with Gasteiger partial charge in [-0.25, -0.2) is 0 Å². The molecule has 12 heteroatoms. The van der Waals surface area contributed by atoms with Crippen molar-refractivity contribution in [1.82, 2.24) is 20.3 Å². The number of nitrogens with zero attached hydrogens (tertiary/aromatic N) is 4. The molecule has 35 heavy (non-hydrogen) atoms. The number of carbonyl (C=O) groups excluding carboxylic acids is 1. The Bertz CT molecular complexity index is 907. The third-order valence-electron chi connectivity index (χ3n) is 4.90. The number of benzene rings is 1. The normalized spacial score (nSPS) is 13.7. The van der Waals surface area contributed by atoms with Gasteiger partial charge >= 0.3 is 0 Å². The lowest BCUT2D eigenvalue weighted by Gasteiger charge is -2.27. The van der Waals surface area contributed by atoms with Crippen molar-refractivity contribution in [1.29, 1.82) is 0 Å². The number of carbonyl (C=O) groups is 1. The lowest BCUT2D eigenvalue weighted by Crippen LogP contribution is -2.37. The molecule has 2 heterocycles. The molecule has 0 saturated carbocycles. The van der Waals surface area contributed by atoms with Crippen LogP contribution in [0.4, 0.5) is 23.5 Å². The maximum atomic E-state index is 12.4. The van der Waals surface area contributed by atoms with Crippen molar-refractivity contribution in [2.75, 3.05) is 81.4 Å². The highest BCUT2D eigenvalue weighted by molar-refractivity contribution is 5.94. The van der Waals surface area contributed by atoms with E-state index in [9.17, 15) is 4.79 Å². The molecule has 1 aromatic carbocycles. The molecule has 3 rings (SSSR count). The maximum Gasteiger partial charge on any atom is 0.251 e. The molecule has 0 unspecified atom stereocenters. The van der Waals surface area contributed by atoms with Crippen LogP contribution in [-0.4, -0.2) is 92.7 Å². The van der Waals surface area contributed by atoms with Gasteiger partial charge in [0, 0.05) is 43.5 Å². The molecule has 1 amide bonds. The molecule has 2 aromatic rings. The molecule has 1 fully saturated rings. The van der Waals surface area contributed by atoms with Gasteiger partial charge in [0.2, 0.25) is 17.8 Å². The van der Waals surface area contributed by atoms with E-state index in [2.05, 4.69) is 35.8 Å². The summed E-state index contributed by atoms with van der Waals surface area (Å²) in [7, 11) is 0. The van der Waals surface area contributed by atoms with Crippen molar-refractivity contribution in [3.8, 4) is 0 Å². The van der Waals surface area contributed by atoms with Crippen LogP contribution in [0.15, 0.2) is 24.3 Å². The van der Waals surface area contributed by atoms with Crippen LogP contribution < -0.4 is 26.6 Å². The third-order valence-corrected chi connectivity index (χ3v) is 4.90. The van der Waals surface area contributed by atoms with Crippen LogP contribution in [0.5, 0.6) is 0 Å². The van der Waals surface area contributed by atoms with Gasteiger partial charge < -0.3 is 40.8 Å². The van der Waals surface area contributed by atoms with Gasteiger partial charge in [-0.1, -0.05) is 0 Å². The van der Waals surface area contributed by atoms with E-state index in [0.717, 1.165) is 18.8 Å². The van der Waals surface area contributed by atoms with Gasteiger partial charge in [-0.05, 0) is 38.1 Å². The molecular formula is C23H36N8O4. The zero-order chi connectivity index (χ0) is 24.9. The number of ether oxygens (including phenoxy) is 3. The number of nitrogens with two attached hydrogens (primary N) is 1. The third kappa shape index (κ3) is 9.25. The van der Waals surface area contributed by atoms with Crippen molar-refractivity contribution in [2.24, 2.45) is 5.73 Å². The minimum Gasteiger partial charge on any atom is -0.378 e. The number of rotatable bonds is 14. The number of hydrogen-bond donors (Lipinski definition) is 4. The highest BCUT2D eigenvalue weighted by Gasteiger charge is 2.17. The molecule has 0 radical (unpaired) electrons. The summed E-state index contributed by atoms with van der Waals surface area (Å²) >= 11 is 0. The van der Waals surface area contributed by atoms with Gasteiger partial charge in [0.25, 0.3) is 5.91 Å². The van der Waals surface area contributed by atoms with Crippen molar-refractivity contribution < 1.29 is 19.0 Å². The summed E-state index contributed by atoms with van der Waals surface area (Å²) in [6.07, 6.45) is 0. The van der Waals surface area contributed by atoms with E-state index in [-0.39, 0.29) is 11.9 Å². The molecular weight excluding hydrogens is 452 g/mol. The number of hydrogen-bond acceptors (Lipinski definition) is 11. The van der Waals surface area contributed by atoms with Crippen molar-refractivity contribution >= 4 is 29.4 Å². The minimum atomic E-state index is -0.169. The molecule has 5 N–H and O–H groups in total. The second kappa shape index (κ2) is 14.4. The fourth-order valence-electron chi connectivity index (χ4n) is 3.23. The van der Waals surface area contributed by atoms with Crippen LogP contribution in [0.1, 0.15) is 24.2 Å². The lowest BCUT2D eigenvalue weighted by molar-refractivity contribution is 0.0511. The van der Waals surface area contributed by atoms with Crippen LogP contribution >= 0.6 is 0 Å². The van der Waals surface area contributed by atoms with E-state index >= 15 is 0 Å². The van der Waals surface area contributed by atoms with E-state index in [1.807, 2.05) is 26.0 Å². The molecule has 0 atom stereocenters. The fourth-order valence-corrected chi connectivity index (χ4v) is 3.23. The Hall–Kier alpha value is -3.06. The smallest absolute Gasteiger partial charge is 0.251 e. The van der Waals surface area contributed by atoms with Gasteiger partial charge in [0.15, 0.2) is 0 Å². The average Bonchev–Trinajstić information content (AvgIpc) is 2.86. The van der Waals surface area contributed by atoms with Gasteiger partial charge in [0.05, 0.1) is 39.6 Å². The Morgan fingerprint density at radius 1 is 1.03 bits per heavy atom. The van der Waals surface area contributed by atoms with Gasteiger partial charge in [-0.15, -0.1) is 0 Å². The monoisotopic (exact) mass is 488 g/mol. The fraction of sp³-hybridized carbons (Fsp3) is 0.565. The zero-order valence-corrected chi connectivity index (χ0v) is 20.5. The first-order valence-electron chi connectivity index (χ1n) is 11.9. The standard InChI is InChI=1S/C23H36N8O4/c1-17(2)26-21-28-22(30-23(29-21)31-9-13-35-14-10-31)27-19-5-3-18(4-6-19)20(32)25-8-12-34-16-15-33-11-7-24/h3-6,17H,7-16,24H2,1-2H3,(H,25,32)(H2,26,27,28,29,30). The number of morpholine rings is 1. The Morgan fingerprint density at radius 2 is 1.71 bits per heavy atom. The van der Waals surface area contributed by atoms with Crippen LogP contribution in [0.2, 0.25) is 0 Å². The molecule has 1 aromatic heterocycles. The number of amides is 1. The Labute approximate surface area is 206 Å². The highest BCUT2D eigenvalue weighted by Crippen LogP contribution is 2.19. The van der Waals surface area contributed by atoms with Gasteiger partial charge in [-0.2, -0.15) is 15.0 Å². The van der Waals surface area contributed by atoms with Crippen molar-refractivity contribution in [3.63, 3.8) is 0 Å².